The Morgan fingerprint density at radius 3 is 2.88 bits per heavy atom. The van der Waals surface area contributed by atoms with Crippen LogP contribution in [0.25, 0.3) is 0 Å². The van der Waals surface area contributed by atoms with Gasteiger partial charge in [0.2, 0.25) is 0 Å². The molecule has 1 unspecified atom stereocenters. The van der Waals surface area contributed by atoms with Crippen LogP contribution in [0.3, 0.4) is 0 Å². The first-order chi connectivity index (χ1) is 8.22. The van der Waals surface area contributed by atoms with E-state index in [0.717, 1.165) is 23.6 Å². The van der Waals surface area contributed by atoms with Crippen molar-refractivity contribution in [3.05, 3.63) is 23.4 Å². The van der Waals surface area contributed by atoms with E-state index >= 15 is 0 Å². The van der Waals surface area contributed by atoms with Crippen LogP contribution in [-0.2, 0) is 6.54 Å². The molecule has 0 bridgehead atoms. The number of aryl methyl sites for hydroxylation is 1. The molecule has 1 aliphatic rings. The minimum atomic E-state index is 0.578. The van der Waals surface area contributed by atoms with Crippen LogP contribution in [0.4, 0.5) is 5.82 Å². The van der Waals surface area contributed by atoms with Gasteiger partial charge in [0, 0.05) is 24.8 Å². The Kier molecular flexibility index (Phi) is 4.00. The standard InChI is InChI=1S/C14H23N3/c1-11-6-4-3-5-9-17(11)14-8-7-13(10-15)12(2)16-14/h7-8,11H,3-6,9-10,15H2,1-2H3. The van der Waals surface area contributed by atoms with Gasteiger partial charge in [-0.15, -0.1) is 0 Å². The predicted octanol–water partition coefficient (Wildman–Crippen LogP) is 2.62. The van der Waals surface area contributed by atoms with Crippen molar-refractivity contribution in [3.8, 4) is 0 Å². The van der Waals surface area contributed by atoms with E-state index in [2.05, 4.69) is 24.0 Å². The Morgan fingerprint density at radius 2 is 2.18 bits per heavy atom. The molecule has 17 heavy (non-hydrogen) atoms. The third kappa shape index (κ3) is 2.78. The van der Waals surface area contributed by atoms with E-state index in [1.165, 1.54) is 25.7 Å². The molecule has 3 heteroatoms. The highest BCUT2D eigenvalue weighted by Crippen LogP contribution is 2.23. The van der Waals surface area contributed by atoms with Gasteiger partial charge >= 0.3 is 0 Å². The smallest absolute Gasteiger partial charge is 0.129 e. The van der Waals surface area contributed by atoms with Gasteiger partial charge in [0.05, 0.1) is 0 Å². The summed E-state index contributed by atoms with van der Waals surface area (Å²) in [6, 6.07) is 4.85. The lowest BCUT2D eigenvalue weighted by molar-refractivity contribution is 0.610. The molecule has 1 aromatic rings. The first kappa shape index (κ1) is 12.4. The topological polar surface area (TPSA) is 42.2 Å². The summed E-state index contributed by atoms with van der Waals surface area (Å²) in [4.78, 5) is 7.15. The van der Waals surface area contributed by atoms with E-state index in [0.29, 0.717) is 12.6 Å². The molecule has 0 aliphatic carbocycles. The molecule has 0 spiro atoms. The zero-order valence-electron chi connectivity index (χ0n) is 10.9. The molecule has 1 fully saturated rings. The van der Waals surface area contributed by atoms with Crippen LogP contribution in [-0.4, -0.2) is 17.6 Å². The fraction of sp³-hybridized carbons (Fsp3) is 0.643. The average Bonchev–Trinajstić information content (AvgIpc) is 2.54. The maximum Gasteiger partial charge on any atom is 0.129 e. The fourth-order valence-corrected chi connectivity index (χ4v) is 2.57. The van der Waals surface area contributed by atoms with Crippen LogP contribution in [0, 0.1) is 6.92 Å². The molecule has 1 atom stereocenters. The molecule has 1 aliphatic heterocycles. The van der Waals surface area contributed by atoms with Gasteiger partial charge in [-0.1, -0.05) is 18.9 Å². The molecule has 0 saturated carbocycles. The maximum absolute atomic E-state index is 5.68. The fourth-order valence-electron chi connectivity index (χ4n) is 2.57. The van der Waals surface area contributed by atoms with Gasteiger partial charge < -0.3 is 10.6 Å². The zero-order valence-corrected chi connectivity index (χ0v) is 10.9. The summed E-state index contributed by atoms with van der Waals surface area (Å²) in [5.41, 5.74) is 7.90. The van der Waals surface area contributed by atoms with Gasteiger partial charge in [-0.2, -0.15) is 0 Å². The first-order valence-corrected chi connectivity index (χ1v) is 6.65. The van der Waals surface area contributed by atoms with Crippen LogP contribution < -0.4 is 10.6 Å². The van der Waals surface area contributed by atoms with Gasteiger partial charge in [-0.3, -0.25) is 0 Å². The number of pyridine rings is 1. The van der Waals surface area contributed by atoms with Crippen LogP contribution >= 0.6 is 0 Å². The van der Waals surface area contributed by atoms with Gasteiger partial charge in [0.25, 0.3) is 0 Å². The van der Waals surface area contributed by atoms with E-state index in [-0.39, 0.29) is 0 Å². The maximum atomic E-state index is 5.68. The first-order valence-electron chi connectivity index (χ1n) is 6.65. The van der Waals surface area contributed by atoms with Crippen molar-refractivity contribution in [3.63, 3.8) is 0 Å². The van der Waals surface area contributed by atoms with Crippen molar-refractivity contribution < 1.29 is 0 Å². The van der Waals surface area contributed by atoms with E-state index < -0.39 is 0 Å². The van der Waals surface area contributed by atoms with Crippen LogP contribution in [0.5, 0.6) is 0 Å². The van der Waals surface area contributed by atoms with Gasteiger partial charge in [0.15, 0.2) is 0 Å². The van der Waals surface area contributed by atoms with Crippen LogP contribution in [0.2, 0.25) is 0 Å². The highest BCUT2D eigenvalue weighted by molar-refractivity contribution is 5.42. The summed E-state index contributed by atoms with van der Waals surface area (Å²) < 4.78 is 0. The summed E-state index contributed by atoms with van der Waals surface area (Å²) >= 11 is 0. The minimum Gasteiger partial charge on any atom is -0.354 e. The average molecular weight is 233 g/mol. The molecule has 0 amide bonds. The molecule has 1 aromatic heterocycles. The molecule has 0 radical (unpaired) electrons. The Bertz CT molecular complexity index is 376. The van der Waals surface area contributed by atoms with E-state index in [4.69, 9.17) is 10.7 Å². The minimum absolute atomic E-state index is 0.578. The molecular formula is C14H23N3. The van der Waals surface area contributed by atoms with E-state index in [1.807, 2.05) is 6.92 Å². The quantitative estimate of drug-likeness (QED) is 0.854. The molecule has 0 aromatic carbocycles. The monoisotopic (exact) mass is 233 g/mol. The number of aromatic nitrogens is 1. The second-order valence-electron chi connectivity index (χ2n) is 5.01. The molecule has 2 N–H and O–H groups in total. The number of rotatable bonds is 2. The highest BCUT2D eigenvalue weighted by Gasteiger charge is 2.18. The Hall–Kier alpha value is -1.09. The van der Waals surface area contributed by atoms with E-state index in [1.54, 1.807) is 0 Å². The Labute approximate surface area is 104 Å². The molecular weight excluding hydrogens is 210 g/mol. The lowest BCUT2D eigenvalue weighted by atomic mass is 10.1. The molecule has 3 nitrogen and oxygen atoms in total. The molecule has 1 saturated heterocycles. The molecule has 94 valence electrons. The summed E-state index contributed by atoms with van der Waals surface area (Å²) in [7, 11) is 0. The second kappa shape index (κ2) is 5.50. The number of anilines is 1. The largest absolute Gasteiger partial charge is 0.354 e. The van der Waals surface area contributed by atoms with Crippen molar-refractivity contribution in [1.82, 2.24) is 4.98 Å². The summed E-state index contributed by atoms with van der Waals surface area (Å²) in [6.07, 6.45) is 5.25. The van der Waals surface area contributed by atoms with Gasteiger partial charge in [-0.25, -0.2) is 4.98 Å². The van der Waals surface area contributed by atoms with Crippen molar-refractivity contribution in [2.24, 2.45) is 5.73 Å². The van der Waals surface area contributed by atoms with Gasteiger partial charge in [0.1, 0.15) is 5.82 Å². The predicted molar refractivity (Wildman–Crippen MR) is 72.1 cm³/mol. The van der Waals surface area contributed by atoms with Crippen LogP contribution in [0.1, 0.15) is 43.9 Å². The molecule has 2 rings (SSSR count). The third-order valence-corrected chi connectivity index (χ3v) is 3.75. The van der Waals surface area contributed by atoms with Crippen molar-refractivity contribution in [2.45, 2.75) is 52.1 Å². The normalized spacial score (nSPS) is 21.4. The van der Waals surface area contributed by atoms with Crippen molar-refractivity contribution in [1.29, 1.82) is 0 Å². The SMILES string of the molecule is Cc1nc(N2CCCCCC2C)ccc1CN. The summed E-state index contributed by atoms with van der Waals surface area (Å²) in [5.74, 6) is 1.12. The molecule has 2 heterocycles. The van der Waals surface area contributed by atoms with Crippen molar-refractivity contribution >= 4 is 5.82 Å². The lowest BCUT2D eigenvalue weighted by Crippen LogP contribution is -2.33. The van der Waals surface area contributed by atoms with E-state index in [9.17, 15) is 0 Å². The number of hydrogen-bond acceptors (Lipinski definition) is 3. The number of nitrogens with two attached hydrogens (primary N) is 1. The second-order valence-corrected chi connectivity index (χ2v) is 5.01. The summed E-state index contributed by atoms with van der Waals surface area (Å²) in [5, 5.41) is 0. The Morgan fingerprint density at radius 1 is 1.35 bits per heavy atom. The summed E-state index contributed by atoms with van der Waals surface area (Å²) in [6.45, 7) is 6.07. The third-order valence-electron chi connectivity index (χ3n) is 3.75. The lowest BCUT2D eigenvalue weighted by Gasteiger charge is -2.28. The highest BCUT2D eigenvalue weighted by atomic mass is 15.2. The van der Waals surface area contributed by atoms with Crippen LogP contribution in [0.15, 0.2) is 12.1 Å². The number of nitrogens with zero attached hydrogens (tertiary/aromatic N) is 2. The zero-order chi connectivity index (χ0) is 12.3. The Balaban J connectivity index is 2.22. The number of hydrogen-bond donors (Lipinski definition) is 1. The van der Waals surface area contributed by atoms with Gasteiger partial charge in [-0.05, 0) is 38.3 Å². The van der Waals surface area contributed by atoms with Crippen molar-refractivity contribution in [2.75, 3.05) is 11.4 Å².